The highest BCUT2D eigenvalue weighted by atomic mass is 16.3. The van der Waals surface area contributed by atoms with Crippen LogP contribution < -0.4 is 10.6 Å². The normalized spacial score (nSPS) is 11.8. The summed E-state index contributed by atoms with van der Waals surface area (Å²) in [6, 6.07) is 11.4. The van der Waals surface area contributed by atoms with E-state index in [0.29, 0.717) is 5.69 Å². The van der Waals surface area contributed by atoms with Gasteiger partial charge < -0.3 is 15.7 Å². The van der Waals surface area contributed by atoms with Gasteiger partial charge in [-0.2, -0.15) is 0 Å². The molecule has 0 aliphatic carbocycles. The minimum absolute atomic E-state index is 0.0497. The third kappa shape index (κ3) is 5.16. The number of carbonyl (C=O) groups is 1. The molecule has 0 aromatic heterocycles. The Bertz CT molecular complexity index is 900. The van der Waals surface area contributed by atoms with E-state index in [-0.39, 0.29) is 28.2 Å². The van der Waals surface area contributed by atoms with E-state index in [2.05, 4.69) is 64.8 Å². The van der Waals surface area contributed by atoms with Gasteiger partial charge in [0.15, 0.2) is 0 Å². The maximum atomic E-state index is 12.6. The van der Waals surface area contributed by atoms with Gasteiger partial charge in [-0.15, -0.1) is 0 Å². The smallest absolute Gasteiger partial charge is 0.271 e. The number of aryl methyl sites for hydroxylation is 1. The van der Waals surface area contributed by atoms with Crippen molar-refractivity contribution in [2.45, 2.75) is 59.3 Å². The van der Waals surface area contributed by atoms with Gasteiger partial charge in [0.05, 0.1) is 11.4 Å². The van der Waals surface area contributed by atoms with Crippen molar-refractivity contribution in [3.8, 4) is 5.75 Å². The van der Waals surface area contributed by atoms with Gasteiger partial charge in [0, 0.05) is 5.69 Å². The molecule has 2 rings (SSSR count). The predicted molar refractivity (Wildman–Crippen MR) is 118 cm³/mol. The Morgan fingerprint density at radius 1 is 0.857 bits per heavy atom. The number of nitrogens with one attached hydrogen (secondary N) is 2. The van der Waals surface area contributed by atoms with Gasteiger partial charge in [0.25, 0.3) is 5.91 Å². The molecule has 0 aliphatic heterocycles. The van der Waals surface area contributed by atoms with E-state index in [1.807, 2.05) is 31.2 Å². The second-order valence-electron chi connectivity index (χ2n) is 9.32. The first-order valence-corrected chi connectivity index (χ1v) is 9.51. The van der Waals surface area contributed by atoms with E-state index in [4.69, 9.17) is 0 Å². The van der Waals surface area contributed by atoms with Crippen LogP contribution in [0.25, 0.3) is 0 Å². The molecule has 0 saturated heterocycles. The van der Waals surface area contributed by atoms with Crippen LogP contribution in [0.5, 0.6) is 5.75 Å². The van der Waals surface area contributed by atoms with Gasteiger partial charge in [-0.05, 0) is 52.6 Å². The van der Waals surface area contributed by atoms with Crippen molar-refractivity contribution in [3.05, 3.63) is 65.4 Å². The largest absolute Gasteiger partial charge is 0.506 e. The molecule has 4 nitrogen and oxygen atoms in total. The number of rotatable bonds is 4. The summed E-state index contributed by atoms with van der Waals surface area (Å²) >= 11 is 0. The molecular formula is C24H32N2O2. The van der Waals surface area contributed by atoms with Crippen LogP contribution in [0.1, 0.15) is 58.2 Å². The molecule has 0 aliphatic rings. The topological polar surface area (TPSA) is 61.4 Å². The van der Waals surface area contributed by atoms with Crippen LogP contribution >= 0.6 is 0 Å². The third-order valence-electron chi connectivity index (χ3n) is 4.76. The summed E-state index contributed by atoms with van der Waals surface area (Å²) in [5.74, 6) is -0.264. The van der Waals surface area contributed by atoms with E-state index in [1.54, 1.807) is 6.07 Å². The first-order chi connectivity index (χ1) is 12.8. The second-order valence-corrected chi connectivity index (χ2v) is 9.32. The number of phenols is 1. The molecule has 0 spiro atoms. The first-order valence-electron chi connectivity index (χ1n) is 9.51. The van der Waals surface area contributed by atoms with Crippen LogP contribution in [-0.4, -0.2) is 11.0 Å². The fraction of sp³-hybridized carbons (Fsp3) is 0.375. The molecule has 28 heavy (non-hydrogen) atoms. The quantitative estimate of drug-likeness (QED) is 0.460. The molecular weight excluding hydrogens is 348 g/mol. The van der Waals surface area contributed by atoms with Gasteiger partial charge in [-0.25, -0.2) is 0 Å². The lowest BCUT2D eigenvalue weighted by Crippen LogP contribution is -2.20. The summed E-state index contributed by atoms with van der Waals surface area (Å²) in [6.07, 6.45) is 0. The Kier molecular flexibility index (Phi) is 5.93. The van der Waals surface area contributed by atoms with Crippen molar-refractivity contribution < 1.29 is 9.90 Å². The van der Waals surface area contributed by atoms with Gasteiger partial charge >= 0.3 is 0 Å². The maximum Gasteiger partial charge on any atom is 0.271 e. The Morgan fingerprint density at radius 2 is 1.39 bits per heavy atom. The van der Waals surface area contributed by atoms with Gasteiger partial charge in [0.1, 0.15) is 5.75 Å². The van der Waals surface area contributed by atoms with E-state index in [0.717, 1.165) is 16.8 Å². The van der Waals surface area contributed by atoms with Gasteiger partial charge in [-0.1, -0.05) is 66.3 Å². The van der Waals surface area contributed by atoms with E-state index < -0.39 is 0 Å². The Morgan fingerprint density at radius 3 is 1.93 bits per heavy atom. The van der Waals surface area contributed by atoms with Crippen molar-refractivity contribution in [3.63, 3.8) is 0 Å². The van der Waals surface area contributed by atoms with Crippen LogP contribution in [0.3, 0.4) is 0 Å². The summed E-state index contributed by atoms with van der Waals surface area (Å²) in [6.45, 7) is 18.5. The maximum absolute atomic E-state index is 12.6. The van der Waals surface area contributed by atoms with Crippen LogP contribution in [0.2, 0.25) is 0 Å². The molecule has 150 valence electrons. The van der Waals surface area contributed by atoms with Crippen molar-refractivity contribution in [1.82, 2.24) is 0 Å². The van der Waals surface area contributed by atoms with Crippen LogP contribution in [-0.2, 0) is 15.6 Å². The van der Waals surface area contributed by atoms with Gasteiger partial charge in [0.2, 0.25) is 0 Å². The zero-order valence-electron chi connectivity index (χ0n) is 18.0. The highest BCUT2D eigenvalue weighted by Gasteiger charge is 2.18. The molecule has 0 fully saturated rings. The second kappa shape index (κ2) is 7.70. The minimum atomic E-state index is -0.341. The minimum Gasteiger partial charge on any atom is -0.506 e. The average molecular weight is 381 g/mol. The van der Waals surface area contributed by atoms with Crippen LogP contribution in [0.15, 0.2) is 48.7 Å². The highest BCUT2D eigenvalue weighted by Crippen LogP contribution is 2.31. The summed E-state index contributed by atoms with van der Waals surface area (Å²) in [4.78, 5) is 12.6. The number of hydrogen-bond acceptors (Lipinski definition) is 3. The molecule has 2 aromatic rings. The molecule has 0 heterocycles. The monoisotopic (exact) mass is 380 g/mol. The Balaban J connectivity index is 2.15. The fourth-order valence-electron chi connectivity index (χ4n) is 2.79. The molecule has 1 amide bonds. The number of hydrogen-bond donors (Lipinski definition) is 3. The SMILES string of the molecule is C=C(Nc1cc(C(C)(C)C)ccc1O)C(=O)Nc1ccc(C(C)(C)C)cc1C. The summed E-state index contributed by atoms with van der Waals surface area (Å²) in [5, 5.41) is 16.0. The molecule has 0 unspecified atom stereocenters. The van der Waals surface area contributed by atoms with E-state index in [9.17, 15) is 9.90 Å². The Labute approximate surface area is 168 Å². The van der Waals surface area contributed by atoms with Crippen molar-refractivity contribution in [2.75, 3.05) is 10.6 Å². The Hall–Kier alpha value is -2.75. The lowest BCUT2D eigenvalue weighted by atomic mass is 9.86. The molecule has 3 N–H and O–H groups in total. The number of carbonyl (C=O) groups excluding carboxylic acids is 1. The lowest BCUT2D eigenvalue weighted by molar-refractivity contribution is -0.112. The zero-order valence-corrected chi connectivity index (χ0v) is 18.0. The standard InChI is InChI=1S/C24H32N2O2/c1-15-13-17(23(3,4)5)9-11-19(15)26-22(28)16(2)25-20-14-18(24(6,7)8)10-12-21(20)27/h9-14,25,27H,2H2,1,3-8H3,(H,26,28). The summed E-state index contributed by atoms with van der Waals surface area (Å²) in [7, 11) is 0. The molecule has 4 heteroatoms. The van der Waals surface area contributed by atoms with Crippen molar-refractivity contribution in [1.29, 1.82) is 0 Å². The van der Waals surface area contributed by atoms with Crippen molar-refractivity contribution >= 4 is 17.3 Å². The van der Waals surface area contributed by atoms with E-state index >= 15 is 0 Å². The molecule has 2 aromatic carbocycles. The fourth-order valence-corrected chi connectivity index (χ4v) is 2.79. The van der Waals surface area contributed by atoms with Crippen LogP contribution in [0.4, 0.5) is 11.4 Å². The number of phenolic OH excluding ortho intramolecular Hbond substituents is 1. The number of anilines is 2. The lowest BCUT2D eigenvalue weighted by Gasteiger charge is -2.22. The van der Waals surface area contributed by atoms with Crippen LogP contribution in [0, 0.1) is 6.92 Å². The zero-order chi connectivity index (χ0) is 21.3. The molecule has 0 radical (unpaired) electrons. The van der Waals surface area contributed by atoms with E-state index in [1.165, 1.54) is 5.56 Å². The average Bonchev–Trinajstić information content (AvgIpc) is 2.56. The highest BCUT2D eigenvalue weighted by molar-refractivity contribution is 6.05. The summed E-state index contributed by atoms with van der Waals surface area (Å²) in [5.41, 5.74) is 4.61. The number of aromatic hydroxyl groups is 1. The number of amides is 1. The predicted octanol–water partition coefficient (Wildman–Crippen LogP) is 5.86. The summed E-state index contributed by atoms with van der Waals surface area (Å²) < 4.78 is 0. The molecule has 0 bridgehead atoms. The first kappa shape index (κ1) is 21.5. The van der Waals surface area contributed by atoms with Crippen molar-refractivity contribution in [2.24, 2.45) is 0 Å². The van der Waals surface area contributed by atoms with Gasteiger partial charge in [-0.3, -0.25) is 4.79 Å². The number of benzene rings is 2. The molecule has 0 atom stereocenters. The molecule has 0 saturated carbocycles. The third-order valence-corrected chi connectivity index (χ3v) is 4.76.